The Morgan fingerprint density at radius 3 is 2.55 bits per heavy atom. The average molecular weight is 306 g/mol. The molecule has 0 N–H and O–H groups in total. The second-order valence-electron chi connectivity index (χ2n) is 5.14. The van der Waals surface area contributed by atoms with E-state index in [9.17, 15) is 0 Å². The van der Waals surface area contributed by atoms with Crippen LogP contribution in [0.3, 0.4) is 0 Å². The number of benzene rings is 2. The van der Waals surface area contributed by atoms with Crippen molar-refractivity contribution in [1.29, 1.82) is 0 Å². The van der Waals surface area contributed by atoms with Crippen LogP contribution in [0.15, 0.2) is 67.2 Å². The van der Waals surface area contributed by atoms with Crippen LogP contribution in [0.4, 0.5) is 0 Å². The first-order chi connectivity index (χ1) is 10.8. The quantitative estimate of drug-likeness (QED) is 0.566. The third kappa shape index (κ3) is 3.29. The highest BCUT2D eigenvalue weighted by Gasteiger charge is 2.09. The Morgan fingerprint density at radius 2 is 1.86 bits per heavy atom. The Morgan fingerprint density at radius 1 is 1.05 bits per heavy atom. The number of thiophene rings is 1. The Kier molecular flexibility index (Phi) is 4.40. The molecule has 0 saturated carbocycles. The molecule has 0 aliphatic carbocycles. The van der Waals surface area contributed by atoms with Crippen molar-refractivity contribution in [3.8, 4) is 16.2 Å². The molecule has 0 radical (unpaired) electrons. The van der Waals surface area contributed by atoms with Crippen molar-refractivity contribution in [2.24, 2.45) is 0 Å². The van der Waals surface area contributed by atoms with Gasteiger partial charge in [-0.1, -0.05) is 49.1 Å². The standard InChI is InChI=1S/C20H18OS/c1-3-16-10-11-19(21-14-17-7-5-4-6-8-17)18(13-16)20-12-9-15(2)22-20/h3-13H,1,14H2,2H3. The summed E-state index contributed by atoms with van der Waals surface area (Å²) in [5.41, 5.74) is 3.41. The van der Waals surface area contributed by atoms with Gasteiger partial charge in [-0.2, -0.15) is 0 Å². The lowest BCUT2D eigenvalue weighted by molar-refractivity contribution is 0.307. The van der Waals surface area contributed by atoms with Gasteiger partial charge in [-0.3, -0.25) is 0 Å². The van der Waals surface area contributed by atoms with Gasteiger partial charge < -0.3 is 4.74 Å². The average Bonchev–Trinajstić information content (AvgIpc) is 3.00. The van der Waals surface area contributed by atoms with Gasteiger partial charge in [-0.05, 0) is 42.3 Å². The fraction of sp³-hybridized carbons (Fsp3) is 0.100. The molecular weight excluding hydrogens is 288 g/mol. The smallest absolute Gasteiger partial charge is 0.128 e. The highest BCUT2D eigenvalue weighted by Crippen LogP contribution is 2.36. The van der Waals surface area contributed by atoms with Crippen molar-refractivity contribution < 1.29 is 4.74 Å². The highest BCUT2D eigenvalue weighted by atomic mass is 32.1. The third-order valence-electron chi connectivity index (χ3n) is 3.48. The zero-order chi connectivity index (χ0) is 15.4. The number of rotatable bonds is 5. The summed E-state index contributed by atoms with van der Waals surface area (Å²) < 4.78 is 6.06. The molecule has 2 aromatic carbocycles. The molecule has 110 valence electrons. The minimum atomic E-state index is 0.575. The Bertz CT molecular complexity index is 771. The highest BCUT2D eigenvalue weighted by molar-refractivity contribution is 7.15. The Hall–Kier alpha value is -2.32. The van der Waals surface area contributed by atoms with Crippen LogP contribution >= 0.6 is 11.3 Å². The van der Waals surface area contributed by atoms with Crippen LogP contribution in [0.25, 0.3) is 16.5 Å². The van der Waals surface area contributed by atoms with Crippen LogP contribution < -0.4 is 4.74 Å². The Labute approximate surface area is 135 Å². The number of ether oxygens (including phenoxy) is 1. The lowest BCUT2D eigenvalue weighted by Crippen LogP contribution is -1.96. The van der Waals surface area contributed by atoms with Crippen LogP contribution in [0.2, 0.25) is 0 Å². The second-order valence-corrected chi connectivity index (χ2v) is 6.43. The molecule has 1 heterocycles. The van der Waals surface area contributed by atoms with Gasteiger partial charge >= 0.3 is 0 Å². The largest absolute Gasteiger partial charge is 0.488 e. The summed E-state index contributed by atoms with van der Waals surface area (Å²) in [6.45, 7) is 6.55. The molecule has 3 aromatic rings. The van der Waals surface area contributed by atoms with Gasteiger partial charge in [0.05, 0.1) is 0 Å². The van der Waals surface area contributed by atoms with E-state index < -0.39 is 0 Å². The molecule has 0 aliphatic rings. The first-order valence-electron chi connectivity index (χ1n) is 7.26. The maximum atomic E-state index is 6.06. The van der Waals surface area contributed by atoms with E-state index in [2.05, 4.69) is 43.8 Å². The summed E-state index contributed by atoms with van der Waals surface area (Å²) in [5, 5.41) is 0. The first kappa shape index (κ1) is 14.6. The molecule has 0 unspecified atom stereocenters. The van der Waals surface area contributed by atoms with Crippen LogP contribution in [-0.2, 0) is 6.61 Å². The molecule has 0 spiro atoms. The van der Waals surface area contributed by atoms with Gasteiger partial charge in [0, 0.05) is 15.3 Å². The number of hydrogen-bond acceptors (Lipinski definition) is 2. The van der Waals surface area contributed by atoms with Crippen LogP contribution in [0.5, 0.6) is 5.75 Å². The Balaban J connectivity index is 1.91. The van der Waals surface area contributed by atoms with Crippen LogP contribution in [0, 0.1) is 6.92 Å². The normalized spacial score (nSPS) is 10.4. The predicted molar refractivity (Wildman–Crippen MR) is 95.4 cm³/mol. The van der Waals surface area contributed by atoms with Crippen molar-refractivity contribution in [3.63, 3.8) is 0 Å². The van der Waals surface area contributed by atoms with E-state index in [-0.39, 0.29) is 0 Å². The lowest BCUT2D eigenvalue weighted by atomic mass is 10.1. The van der Waals surface area contributed by atoms with Crippen LogP contribution in [-0.4, -0.2) is 0 Å². The number of aryl methyl sites for hydroxylation is 1. The van der Waals surface area contributed by atoms with Crippen molar-refractivity contribution in [2.45, 2.75) is 13.5 Å². The SMILES string of the molecule is C=Cc1ccc(OCc2ccccc2)c(-c2ccc(C)s2)c1. The van der Waals surface area contributed by atoms with Gasteiger partial charge in [0.1, 0.15) is 12.4 Å². The minimum absolute atomic E-state index is 0.575. The molecule has 0 bridgehead atoms. The molecule has 0 atom stereocenters. The lowest BCUT2D eigenvalue weighted by Gasteiger charge is -2.12. The number of hydrogen-bond donors (Lipinski definition) is 0. The molecule has 0 fully saturated rings. The van der Waals surface area contributed by atoms with Crippen molar-refractivity contribution in [2.75, 3.05) is 0 Å². The zero-order valence-electron chi connectivity index (χ0n) is 12.6. The molecule has 0 amide bonds. The van der Waals surface area contributed by atoms with E-state index in [1.807, 2.05) is 36.4 Å². The molecule has 22 heavy (non-hydrogen) atoms. The second kappa shape index (κ2) is 6.63. The van der Waals surface area contributed by atoms with Crippen LogP contribution in [0.1, 0.15) is 16.0 Å². The van der Waals surface area contributed by atoms with Gasteiger partial charge in [0.15, 0.2) is 0 Å². The van der Waals surface area contributed by atoms with Gasteiger partial charge in [0.25, 0.3) is 0 Å². The van der Waals surface area contributed by atoms with E-state index in [0.717, 1.165) is 16.9 Å². The minimum Gasteiger partial charge on any atom is -0.488 e. The van der Waals surface area contributed by atoms with E-state index in [1.54, 1.807) is 11.3 Å². The van der Waals surface area contributed by atoms with Crippen molar-refractivity contribution >= 4 is 17.4 Å². The predicted octanol–water partition coefficient (Wildman–Crippen LogP) is 5.95. The molecule has 3 rings (SSSR count). The summed E-state index contributed by atoms with van der Waals surface area (Å²) in [5.74, 6) is 0.913. The molecule has 1 nitrogen and oxygen atoms in total. The van der Waals surface area contributed by atoms with Crippen molar-refractivity contribution in [3.05, 3.63) is 83.2 Å². The molecule has 0 aliphatic heterocycles. The zero-order valence-corrected chi connectivity index (χ0v) is 13.4. The summed E-state index contributed by atoms with van der Waals surface area (Å²) in [6, 6.07) is 20.7. The fourth-order valence-electron chi connectivity index (χ4n) is 2.31. The van der Waals surface area contributed by atoms with E-state index in [0.29, 0.717) is 6.61 Å². The maximum Gasteiger partial charge on any atom is 0.128 e. The van der Waals surface area contributed by atoms with Gasteiger partial charge in [-0.25, -0.2) is 0 Å². The molecular formula is C20H18OS. The first-order valence-corrected chi connectivity index (χ1v) is 8.08. The van der Waals surface area contributed by atoms with E-state index in [4.69, 9.17) is 4.74 Å². The van der Waals surface area contributed by atoms with Crippen molar-refractivity contribution in [1.82, 2.24) is 0 Å². The molecule has 1 aromatic heterocycles. The molecule has 0 saturated heterocycles. The fourth-order valence-corrected chi connectivity index (χ4v) is 3.20. The third-order valence-corrected chi connectivity index (χ3v) is 4.52. The topological polar surface area (TPSA) is 9.23 Å². The maximum absolute atomic E-state index is 6.06. The van der Waals surface area contributed by atoms with Gasteiger partial charge in [-0.15, -0.1) is 11.3 Å². The summed E-state index contributed by atoms with van der Waals surface area (Å²) in [4.78, 5) is 2.53. The van der Waals surface area contributed by atoms with E-state index >= 15 is 0 Å². The van der Waals surface area contributed by atoms with Gasteiger partial charge in [0.2, 0.25) is 0 Å². The monoisotopic (exact) mass is 306 g/mol. The van der Waals surface area contributed by atoms with E-state index in [1.165, 1.54) is 15.3 Å². The molecule has 2 heteroatoms. The summed E-state index contributed by atoms with van der Waals surface area (Å²) >= 11 is 1.78. The summed E-state index contributed by atoms with van der Waals surface area (Å²) in [7, 11) is 0. The summed E-state index contributed by atoms with van der Waals surface area (Å²) in [6.07, 6.45) is 1.87.